The van der Waals surface area contributed by atoms with Crippen molar-refractivity contribution in [3.8, 4) is 11.3 Å². The largest absolute Gasteiger partial charge is 0.345 e. The number of halogens is 1. The van der Waals surface area contributed by atoms with E-state index >= 15 is 0 Å². The summed E-state index contributed by atoms with van der Waals surface area (Å²) >= 11 is 3.53. The number of aromatic nitrogens is 2. The molecular weight excluding hydrogens is 314 g/mol. The lowest BCUT2D eigenvalue weighted by molar-refractivity contribution is 0.490. The number of imidazole rings is 1. The van der Waals surface area contributed by atoms with Crippen molar-refractivity contribution in [2.75, 3.05) is 6.54 Å². The topological polar surface area (TPSA) is 54.7 Å². The van der Waals surface area contributed by atoms with Gasteiger partial charge in [-0.2, -0.15) is 0 Å². The Morgan fingerprint density at radius 2 is 2.20 bits per heavy atom. The molecule has 1 aliphatic carbocycles. The minimum Gasteiger partial charge on any atom is -0.345 e. The van der Waals surface area contributed by atoms with Crippen molar-refractivity contribution in [2.24, 2.45) is 11.7 Å². The standard InChI is InChI=1S/C16H20BrN3/c1-9(2)5-11(8-18)16-19-14-7-10-6-12(17)3-4-13(10)15(14)20-16/h3-4,6,9,11H,5,7-8,18H2,1-2H3,(H,19,20). The van der Waals surface area contributed by atoms with E-state index in [0.717, 1.165) is 28.8 Å². The number of nitrogens with one attached hydrogen (secondary N) is 1. The van der Waals surface area contributed by atoms with Crippen molar-refractivity contribution in [1.29, 1.82) is 0 Å². The van der Waals surface area contributed by atoms with Crippen LogP contribution in [-0.2, 0) is 6.42 Å². The number of H-pyrrole nitrogens is 1. The summed E-state index contributed by atoms with van der Waals surface area (Å²) in [6.45, 7) is 5.11. The average molecular weight is 334 g/mol. The van der Waals surface area contributed by atoms with Crippen LogP contribution in [0.5, 0.6) is 0 Å². The number of benzene rings is 1. The third kappa shape index (κ3) is 2.42. The molecule has 0 saturated carbocycles. The lowest BCUT2D eigenvalue weighted by Gasteiger charge is -2.14. The number of hydrogen-bond acceptors (Lipinski definition) is 2. The van der Waals surface area contributed by atoms with Gasteiger partial charge in [-0.15, -0.1) is 0 Å². The van der Waals surface area contributed by atoms with Gasteiger partial charge >= 0.3 is 0 Å². The smallest absolute Gasteiger partial charge is 0.111 e. The van der Waals surface area contributed by atoms with Gasteiger partial charge in [-0.1, -0.05) is 35.8 Å². The number of nitrogens with zero attached hydrogens (tertiary/aromatic N) is 1. The Morgan fingerprint density at radius 3 is 2.90 bits per heavy atom. The fraction of sp³-hybridized carbons (Fsp3) is 0.438. The molecule has 1 aromatic heterocycles. The first-order valence-corrected chi connectivity index (χ1v) is 7.95. The Kier molecular flexibility index (Phi) is 3.69. The molecule has 0 fully saturated rings. The van der Waals surface area contributed by atoms with Crippen molar-refractivity contribution in [3.63, 3.8) is 0 Å². The number of rotatable bonds is 4. The fourth-order valence-corrected chi connectivity index (χ4v) is 3.40. The molecule has 1 aliphatic rings. The molecule has 3 rings (SSSR count). The first kappa shape index (κ1) is 13.8. The first-order valence-electron chi connectivity index (χ1n) is 7.16. The maximum Gasteiger partial charge on any atom is 0.111 e. The molecule has 0 bridgehead atoms. The van der Waals surface area contributed by atoms with Crippen LogP contribution in [0.4, 0.5) is 0 Å². The van der Waals surface area contributed by atoms with Gasteiger partial charge in [0.05, 0.1) is 5.69 Å². The van der Waals surface area contributed by atoms with E-state index < -0.39 is 0 Å². The van der Waals surface area contributed by atoms with Crippen LogP contribution >= 0.6 is 15.9 Å². The normalized spacial score (nSPS) is 14.4. The highest BCUT2D eigenvalue weighted by molar-refractivity contribution is 9.10. The van der Waals surface area contributed by atoms with Gasteiger partial charge in [0, 0.05) is 34.6 Å². The van der Waals surface area contributed by atoms with Gasteiger partial charge < -0.3 is 10.7 Å². The predicted molar refractivity (Wildman–Crippen MR) is 85.8 cm³/mol. The summed E-state index contributed by atoms with van der Waals surface area (Å²) in [5, 5.41) is 0. The summed E-state index contributed by atoms with van der Waals surface area (Å²) in [7, 11) is 0. The van der Waals surface area contributed by atoms with E-state index in [1.807, 2.05) is 0 Å². The minimum atomic E-state index is 0.333. The highest BCUT2D eigenvalue weighted by Gasteiger charge is 2.25. The fourth-order valence-electron chi connectivity index (χ4n) is 2.99. The minimum absolute atomic E-state index is 0.333. The Bertz CT molecular complexity index is 631. The van der Waals surface area contributed by atoms with Gasteiger partial charge in [0.25, 0.3) is 0 Å². The molecule has 106 valence electrons. The summed E-state index contributed by atoms with van der Waals surface area (Å²) < 4.78 is 1.13. The van der Waals surface area contributed by atoms with Crippen LogP contribution in [0, 0.1) is 5.92 Å². The molecule has 4 heteroatoms. The summed E-state index contributed by atoms with van der Waals surface area (Å²) in [6.07, 6.45) is 2.02. The van der Waals surface area contributed by atoms with Gasteiger partial charge in [0.2, 0.25) is 0 Å². The maximum atomic E-state index is 5.92. The molecule has 0 aliphatic heterocycles. The molecule has 20 heavy (non-hydrogen) atoms. The van der Waals surface area contributed by atoms with Crippen LogP contribution in [-0.4, -0.2) is 16.5 Å². The Morgan fingerprint density at radius 1 is 1.40 bits per heavy atom. The van der Waals surface area contributed by atoms with Crippen LogP contribution in [0.2, 0.25) is 0 Å². The van der Waals surface area contributed by atoms with E-state index in [1.54, 1.807) is 0 Å². The summed E-state index contributed by atoms with van der Waals surface area (Å²) in [5.41, 5.74) is 10.9. The van der Waals surface area contributed by atoms with Crippen molar-refractivity contribution < 1.29 is 0 Å². The van der Waals surface area contributed by atoms with Gasteiger partial charge in [0.1, 0.15) is 5.82 Å². The molecule has 0 saturated heterocycles. The Balaban J connectivity index is 1.94. The summed E-state index contributed by atoms with van der Waals surface area (Å²) in [4.78, 5) is 8.35. The SMILES string of the molecule is CC(C)CC(CN)c1nc2c([nH]1)Cc1cc(Br)ccc1-2. The molecule has 3 N–H and O–H groups in total. The van der Waals surface area contributed by atoms with Crippen molar-refractivity contribution in [3.05, 3.63) is 39.8 Å². The van der Waals surface area contributed by atoms with Gasteiger partial charge in [-0.25, -0.2) is 4.98 Å². The molecule has 3 nitrogen and oxygen atoms in total. The number of nitrogens with two attached hydrogens (primary N) is 1. The van der Waals surface area contributed by atoms with E-state index in [9.17, 15) is 0 Å². The molecule has 0 radical (unpaired) electrons. The molecule has 1 heterocycles. The number of hydrogen-bond donors (Lipinski definition) is 2. The van der Waals surface area contributed by atoms with Crippen LogP contribution in [0.3, 0.4) is 0 Å². The molecule has 0 amide bonds. The summed E-state index contributed by atoms with van der Waals surface area (Å²) in [5.74, 6) is 2.02. The summed E-state index contributed by atoms with van der Waals surface area (Å²) in [6, 6.07) is 6.41. The molecule has 2 aromatic rings. The van der Waals surface area contributed by atoms with E-state index in [0.29, 0.717) is 18.4 Å². The third-order valence-electron chi connectivity index (χ3n) is 3.91. The first-order chi connectivity index (χ1) is 9.58. The second kappa shape index (κ2) is 5.34. The lowest BCUT2D eigenvalue weighted by Crippen LogP contribution is -2.16. The van der Waals surface area contributed by atoms with E-state index in [2.05, 4.69) is 53.0 Å². The zero-order chi connectivity index (χ0) is 14.3. The maximum absolute atomic E-state index is 5.92. The zero-order valence-corrected chi connectivity index (χ0v) is 13.5. The Labute approximate surface area is 128 Å². The molecule has 1 unspecified atom stereocenters. The van der Waals surface area contributed by atoms with Crippen LogP contribution in [0.1, 0.15) is 43.3 Å². The quantitative estimate of drug-likeness (QED) is 0.762. The van der Waals surface area contributed by atoms with Crippen LogP contribution in [0.25, 0.3) is 11.3 Å². The van der Waals surface area contributed by atoms with Gasteiger partial charge in [0.15, 0.2) is 0 Å². The Hall–Kier alpha value is -1.13. The highest BCUT2D eigenvalue weighted by atomic mass is 79.9. The van der Waals surface area contributed by atoms with Crippen LogP contribution in [0.15, 0.2) is 22.7 Å². The highest BCUT2D eigenvalue weighted by Crippen LogP contribution is 2.37. The van der Waals surface area contributed by atoms with Crippen molar-refractivity contribution in [1.82, 2.24) is 9.97 Å². The lowest BCUT2D eigenvalue weighted by atomic mass is 9.96. The molecular formula is C16H20BrN3. The van der Waals surface area contributed by atoms with Gasteiger partial charge in [-0.3, -0.25) is 0 Å². The molecule has 0 spiro atoms. The van der Waals surface area contributed by atoms with Crippen molar-refractivity contribution >= 4 is 15.9 Å². The van der Waals surface area contributed by atoms with Gasteiger partial charge in [-0.05, 0) is 30.0 Å². The molecule has 1 aromatic carbocycles. The van der Waals surface area contributed by atoms with Crippen molar-refractivity contribution in [2.45, 2.75) is 32.6 Å². The van der Waals surface area contributed by atoms with E-state index in [-0.39, 0.29) is 0 Å². The second-order valence-electron chi connectivity index (χ2n) is 5.99. The van der Waals surface area contributed by atoms with E-state index in [4.69, 9.17) is 10.7 Å². The second-order valence-corrected chi connectivity index (χ2v) is 6.91. The third-order valence-corrected chi connectivity index (χ3v) is 4.41. The average Bonchev–Trinajstić information content (AvgIpc) is 2.92. The van der Waals surface area contributed by atoms with Crippen LogP contribution < -0.4 is 5.73 Å². The predicted octanol–water partition coefficient (Wildman–Crippen LogP) is 3.83. The molecule has 1 atom stereocenters. The number of aromatic amines is 1. The van der Waals surface area contributed by atoms with E-state index in [1.165, 1.54) is 16.8 Å². The number of fused-ring (bicyclic) bond motifs is 3. The monoisotopic (exact) mass is 333 g/mol. The zero-order valence-electron chi connectivity index (χ0n) is 11.9.